The van der Waals surface area contributed by atoms with Gasteiger partial charge >= 0.3 is 0 Å². The van der Waals surface area contributed by atoms with Crippen LogP contribution in [0, 0.1) is 13.8 Å². The number of aliphatic hydroxyl groups is 1. The number of anilines is 1. The number of hydrogen-bond donors (Lipinski definition) is 1. The van der Waals surface area contributed by atoms with Gasteiger partial charge in [0, 0.05) is 18.8 Å². The van der Waals surface area contributed by atoms with Gasteiger partial charge in [0.2, 0.25) is 0 Å². The van der Waals surface area contributed by atoms with Crippen LogP contribution in [0.1, 0.15) is 16.7 Å². The molecule has 0 aliphatic heterocycles. The van der Waals surface area contributed by atoms with Crippen molar-refractivity contribution in [3.63, 3.8) is 0 Å². The Balaban J connectivity index is 2.21. The molecule has 2 rings (SSSR count). The molecule has 0 saturated heterocycles. The summed E-state index contributed by atoms with van der Waals surface area (Å²) < 4.78 is 5.19. The van der Waals surface area contributed by atoms with E-state index in [1.54, 1.807) is 7.11 Å². The molecule has 0 saturated carbocycles. The molecule has 2 aromatic rings. The number of nitrogens with zero attached hydrogens (tertiary/aromatic N) is 1. The number of ether oxygens (including phenoxy) is 1. The van der Waals surface area contributed by atoms with E-state index in [0.29, 0.717) is 6.54 Å². The summed E-state index contributed by atoms with van der Waals surface area (Å²) in [6.45, 7) is 5.77. The highest BCUT2D eigenvalue weighted by Crippen LogP contribution is 2.22. The monoisotopic (exact) mass is 285 g/mol. The second-order valence-corrected chi connectivity index (χ2v) is 5.27. The Labute approximate surface area is 126 Å². The van der Waals surface area contributed by atoms with Crippen LogP contribution in [-0.2, 0) is 6.54 Å². The maximum absolute atomic E-state index is 9.32. The average molecular weight is 285 g/mol. The smallest absolute Gasteiger partial charge is 0.119 e. The van der Waals surface area contributed by atoms with Crippen molar-refractivity contribution in [2.75, 3.05) is 25.2 Å². The minimum Gasteiger partial charge on any atom is -0.497 e. The highest BCUT2D eigenvalue weighted by Gasteiger charge is 2.09. The van der Waals surface area contributed by atoms with Gasteiger partial charge in [-0.25, -0.2) is 0 Å². The van der Waals surface area contributed by atoms with Crippen LogP contribution in [0.5, 0.6) is 5.75 Å². The van der Waals surface area contributed by atoms with E-state index in [4.69, 9.17) is 4.74 Å². The van der Waals surface area contributed by atoms with Gasteiger partial charge in [0.15, 0.2) is 0 Å². The van der Waals surface area contributed by atoms with Crippen LogP contribution >= 0.6 is 0 Å². The van der Waals surface area contributed by atoms with Crippen molar-refractivity contribution in [2.45, 2.75) is 20.4 Å². The third-order valence-corrected chi connectivity index (χ3v) is 3.67. The van der Waals surface area contributed by atoms with Gasteiger partial charge in [-0.2, -0.15) is 0 Å². The van der Waals surface area contributed by atoms with Gasteiger partial charge in [-0.3, -0.25) is 0 Å². The lowest BCUT2D eigenvalue weighted by Gasteiger charge is -2.25. The molecular formula is C18H23NO2. The molecule has 0 aliphatic rings. The van der Waals surface area contributed by atoms with Gasteiger partial charge in [0.05, 0.1) is 13.7 Å². The third-order valence-electron chi connectivity index (χ3n) is 3.67. The number of benzene rings is 2. The summed E-state index contributed by atoms with van der Waals surface area (Å²) >= 11 is 0. The molecule has 2 aromatic carbocycles. The molecule has 0 aliphatic carbocycles. The standard InChI is InChI=1S/C18H23NO2/c1-14-4-5-16(15(2)12-14)13-19(10-11-20)17-6-8-18(21-3)9-7-17/h4-9,12,20H,10-11,13H2,1-3H3. The van der Waals surface area contributed by atoms with Crippen molar-refractivity contribution in [1.29, 1.82) is 0 Å². The van der Waals surface area contributed by atoms with E-state index in [2.05, 4.69) is 36.9 Å². The molecule has 0 unspecified atom stereocenters. The van der Waals surface area contributed by atoms with Gasteiger partial charge in [0.25, 0.3) is 0 Å². The molecule has 0 atom stereocenters. The van der Waals surface area contributed by atoms with Crippen molar-refractivity contribution in [1.82, 2.24) is 0 Å². The van der Waals surface area contributed by atoms with Gasteiger partial charge in [-0.1, -0.05) is 23.8 Å². The number of hydrogen-bond acceptors (Lipinski definition) is 3. The summed E-state index contributed by atoms with van der Waals surface area (Å²) in [5.74, 6) is 0.842. The summed E-state index contributed by atoms with van der Waals surface area (Å²) in [7, 11) is 1.66. The van der Waals surface area contributed by atoms with Crippen LogP contribution in [0.4, 0.5) is 5.69 Å². The minimum absolute atomic E-state index is 0.136. The van der Waals surface area contributed by atoms with Crippen LogP contribution in [0.15, 0.2) is 42.5 Å². The van der Waals surface area contributed by atoms with Crippen molar-refractivity contribution in [2.24, 2.45) is 0 Å². The van der Waals surface area contributed by atoms with Crippen LogP contribution in [0.25, 0.3) is 0 Å². The van der Waals surface area contributed by atoms with Crippen molar-refractivity contribution >= 4 is 5.69 Å². The van der Waals surface area contributed by atoms with Crippen LogP contribution in [0.2, 0.25) is 0 Å². The van der Waals surface area contributed by atoms with Crippen LogP contribution in [0.3, 0.4) is 0 Å². The number of methoxy groups -OCH3 is 1. The molecule has 112 valence electrons. The van der Waals surface area contributed by atoms with E-state index in [0.717, 1.165) is 18.0 Å². The molecule has 0 heterocycles. The molecule has 21 heavy (non-hydrogen) atoms. The molecular weight excluding hydrogens is 262 g/mol. The Morgan fingerprint density at radius 3 is 2.33 bits per heavy atom. The Hall–Kier alpha value is -2.00. The Bertz CT molecular complexity index is 578. The van der Waals surface area contributed by atoms with E-state index in [-0.39, 0.29) is 6.61 Å². The zero-order chi connectivity index (χ0) is 15.2. The zero-order valence-corrected chi connectivity index (χ0v) is 13.0. The Morgan fingerprint density at radius 1 is 1.05 bits per heavy atom. The van der Waals surface area contributed by atoms with Crippen molar-refractivity contribution in [3.05, 3.63) is 59.2 Å². The summed E-state index contributed by atoms with van der Waals surface area (Å²) in [6.07, 6.45) is 0. The fraction of sp³-hybridized carbons (Fsp3) is 0.333. The fourth-order valence-corrected chi connectivity index (χ4v) is 2.44. The maximum atomic E-state index is 9.32. The molecule has 0 amide bonds. The zero-order valence-electron chi connectivity index (χ0n) is 13.0. The highest BCUT2D eigenvalue weighted by molar-refractivity contribution is 5.50. The molecule has 0 spiro atoms. The third kappa shape index (κ3) is 3.99. The minimum atomic E-state index is 0.136. The molecule has 3 heteroatoms. The van der Waals surface area contributed by atoms with Gasteiger partial charge in [-0.15, -0.1) is 0 Å². The first-order valence-corrected chi connectivity index (χ1v) is 7.20. The summed E-state index contributed by atoms with van der Waals surface area (Å²) in [5, 5.41) is 9.32. The van der Waals surface area contributed by atoms with E-state index in [1.165, 1.54) is 16.7 Å². The normalized spacial score (nSPS) is 10.5. The van der Waals surface area contributed by atoms with Crippen molar-refractivity contribution < 1.29 is 9.84 Å². The van der Waals surface area contributed by atoms with E-state index >= 15 is 0 Å². The summed E-state index contributed by atoms with van der Waals surface area (Å²) in [6, 6.07) is 14.4. The maximum Gasteiger partial charge on any atom is 0.119 e. The molecule has 3 nitrogen and oxygen atoms in total. The number of aliphatic hydroxyl groups excluding tert-OH is 1. The fourth-order valence-electron chi connectivity index (χ4n) is 2.44. The lowest BCUT2D eigenvalue weighted by molar-refractivity contribution is 0.301. The lowest BCUT2D eigenvalue weighted by Crippen LogP contribution is -2.26. The first-order chi connectivity index (χ1) is 10.1. The largest absolute Gasteiger partial charge is 0.497 e. The van der Waals surface area contributed by atoms with Gasteiger partial charge in [-0.05, 0) is 49.2 Å². The van der Waals surface area contributed by atoms with Crippen molar-refractivity contribution in [3.8, 4) is 5.75 Å². The topological polar surface area (TPSA) is 32.7 Å². The number of aryl methyl sites for hydroxylation is 2. The Kier molecular flexibility index (Phi) is 5.23. The predicted molar refractivity (Wildman–Crippen MR) is 87.0 cm³/mol. The van der Waals surface area contributed by atoms with Crippen LogP contribution < -0.4 is 9.64 Å². The average Bonchev–Trinajstić information content (AvgIpc) is 2.49. The highest BCUT2D eigenvalue weighted by atomic mass is 16.5. The summed E-state index contributed by atoms with van der Waals surface area (Å²) in [5.41, 5.74) is 4.93. The SMILES string of the molecule is COc1ccc(N(CCO)Cc2ccc(C)cc2C)cc1. The predicted octanol–water partition coefficient (Wildman–Crippen LogP) is 3.31. The second kappa shape index (κ2) is 7.14. The first kappa shape index (κ1) is 15.4. The second-order valence-electron chi connectivity index (χ2n) is 5.27. The lowest BCUT2D eigenvalue weighted by atomic mass is 10.0. The van der Waals surface area contributed by atoms with Gasteiger partial charge in [0.1, 0.15) is 5.75 Å². The molecule has 0 aromatic heterocycles. The van der Waals surface area contributed by atoms with E-state index < -0.39 is 0 Å². The Morgan fingerprint density at radius 2 is 1.76 bits per heavy atom. The van der Waals surface area contributed by atoms with E-state index in [9.17, 15) is 5.11 Å². The van der Waals surface area contributed by atoms with Gasteiger partial charge < -0.3 is 14.7 Å². The van der Waals surface area contributed by atoms with Crippen LogP contribution in [-0.4, -0.2) is 25.4 Å². The molecule has 1 N–H and O–H groups in total. The number of rotatable bonds is 6. The first-order valence-electron chi connectivity index (χ1n) is 7.20. The summed E-state index contributed by atoms with van der Waals surface area (Å²) in [4.78, 5) is 2.18. The van der Waals surface area contributed by atoms with E-state index in [1.807, 2.05) is 24.3 Å². The molecule has 0 bridgehead atoms. The quantitative estimate of drug-likeness (QED) is 0.884. The molecule has 0 fully saturated rings. The molecule has 0 radical (unpaired) electrons.